The number of carbonyl (C=O) groups is 1. The van der Waals surface area contributed by atoms with E-state index in [2.05, 4.69) is 22.9 Å². The van der Waals surface area contributed by atoms with Gasteiger partial charge in [0.2, 0.25) is 0 Å². The lowest BCUT2D eigenvalue weighted by Gasteiger charge is -2.51. The number of hydrogen-bond acceptors (Lipinski definition) is 6. The van der Waals surface area contributed by atoms with Gasteiger partial charge in [-0.15, -0.1) is 0 Å². The van der Waals surface area contributed by atoms with Crippen LogP contribution in [-0.2, 0) is 20.7 Å². The first-order chi connectivity index (χ1) is 14.5. The van der Waals surface area contributed by atoms with Gasteiger partial charge in [-0.25, -0.2) is 0 Å². The Labute approximate surface area is 176 Å². The van der Waals surface area contributed by atoms with Crippen molar-refractivity contribution >= 4 is 16.9 Å². The molecule has 30 heavy (non-hydrogen) atoms. The lowest BCUT2D eigenvalue weighted by molar-refractivity contribution is -0.169. The predicted octanol–water partition coefficient (Wildman–Crippen LogP) is 2.93. The van der Waals surface area contributed by atoms with Crippen LogP contribution in [0.25, 0.3) is 10.9 Å². The molecule has 0 aliphatic carbocycles. The van der Waals surface area contributed by atoms with E-state index in [1.54, 1.807) is 14.2 Å². The van der Waals surface area contributed by atoms with E-state index in [9.17, 15) is 4.79 Å². The normalized spacial score (nSPS) is 30.9. The lowest BCUT2D eigenvalue weighted by Crippen LogP contribution is -2.55. The Morgan fingerprint density at radius 3 is 2.67 bits per heavy atom. The predicted molar refractivity (Wildman–Crippen MR) is 112 cm³/mol. The first kappa shape index (κ1) is 19.7. The van der Waals surface area contributed by atoms with Crippen molar-refractivity contribution in [3.8, 4) is 11.5 Å². The number of benzene rings is 1. The van der Waals surface area contributed by atoms with E-state index < -0.39 is 0 Å². The molecule has 0 bridgehead atoms. The molecule has 0 radical (unpaired) electrons. The number of nitrogens with zero attached hydrogens (tertiary/aromatic N) is 1. The molecule has 0 amide bonds. The molecule has 7 heteroatoms. The van der Waals surface area contributed by atoms with E-state index in [0.29, 0.717) is 12.5 Å². The van der Waals surface area contributed by atoms with Gasteiger partial charge in [0.15, 0.2) is 11.5 Å². The lowest BCUT2D eigenvalue weighted by atomic mass is 9.69. The first-order valence-electron chi connectivity index (χ1n) is 10.8. The van der Waals surface area contributed by atoms with E-state index in [-0.39, 0.29) is 30.0 Å². The number of esters is 1. The van der Waals surface area contributed by atoms with Gasteiger partial charge in [-0.3, -0.25) is 9.69 Å². The standard InChI is InChI=1S/C23H30N2O5/c1-12-16-10-25-6-5-13-15-8-20(27-2)21(28-3)9-18(15)24-22(13)19(25)7-14(16)17(11-30-12)23(26)29-4/h8-9,12,14,16-17,19,24H,5-7,10-11H2,1-4H3/t12-,14-,16+,17+,19-/m0/s1. The Kier molecular flexibility index (Phi) is 4.90. The minimum atomic E-state index is -0.187. The average Bonchev–Trinajstić information content (AvgIpc) is 3.14. The Balaban J connectivity index is 1.54. The highest BCUT2D eigenvalue weighted by molar-refractivity contribution is 5.88. The van der Waals surface area contributed by atoms with Crippen molar-refractivity contribution in [2.24, 2.45) is 17.8 Å². The van der Waals surface area contributed by atoms with Crippen molar-refractivity contribution in [3.05, 3.63) is 23.4 Å². The van der Waals surface area contributed by atoms with Crippen molar-refractivity contribution in [1.82, 2.24) is 9.88 Å². The number of fused-ring (bicyclic) bond motifs is 6. The van der Waals surface area contributed by atoms with Crippen molar-refractivity contribution in [2.45, 2.75) is 31.9 Å². The maximum absolute atomic E-state index is 12.5. The summed E-state index contributed by atoms with van der Waals surface area (Å²) in [7, 11) is 4.81. The van der Waals surface area contributed by atoms with Gasteiger partial charge in [-0.2, -0.15) is 0 Å². The van der Waals surface area contributed by atoms with Gasteiger partial charge in [0.05, 0.1) is 46.0 Å². The van der Waals surface area contributed by atoms with Gasteiger partial charge >= 0.3 is 5.97 Å². The SMILES string of the molecule is COC(=O)[C@@H]1CO[C@@H](C)[C@H]2CN3CCc4c([nH]c5cc(OC)c(OC)cc45)[C@@H]3C[C@@H]21. The zero-order valence-corrected chi connectivity index (χ0v) is 18.1. The Morgan fingerprint density at radius 2 is 1.93 bits per heavy atom. The molecule has 1 aromatic heterocycles. The van der Waals surface area contributed by atoms with E-state index in [1.165, 1.54) is 23.8 Å². The number of piperidine rings is 1. The van der Waals surface area contributed by atoms with E-state index in [4.69, 9.17) is 18.9 Å². The van der Waals surface area contributed by atoms with Crippen LogP contribution in [-0.4, -0.2) is 63.0 Å². The van der Waals surface area contributed by atoms with Crippen LogP contribution in [0.4, 0.5) is 0 Å². The minimum Gasteiger partial charge on any atom is -0.493 e. The van der Waals surface area contributed by atoms with Crippen molar-refractivity contribution < 1.29 is 23.7 Å². The number of H-pyrrole nitrogens is 1. The third-order valence-electron chi connectivity index (χ3n) is 7.52. The van der Waals surface area contributed by atoms with E-state index in [1.807, 2.05) is 6.07 Å². The molecule has 5 rings (SSSR count). The second kappa shape index (κ2) is 7.46. The molecule has 2 aromatic rings. The van der Waals surface area contributed by atoms with Crippen LogP contribution in [0.1, 0.15) is 30.6 Å². The fourth-order valence-corrected chi connectivity index (χ4v) is 5.93. The van der Waals surface area contributed by atoms with Gasteiger partial charge in [0.25, 0.3) is 0 Å². The number of hydrogen-bond donors (Lipinski definition) is 1. The fraction of sp³-hybridized carbons (Fsp3) is 0.609. The molecule has 2 saturated heterocycles. The molecule has 7 nitrogen and oxygen atoms in total. The topological polar surface area (TPSA) is 73.0 Å². The smallest absolute Gasteiger partial charge is 0.311 e. The average molecular weight is 415 g/mol. The summed E-state index contributed by atoms with van der Waals surface area (Å²) in [5.41, 5.74) is 3.71. The summed E-state index contributed by atoms with van der Waals surface area (Å²) in [6.45, 7) is 4.56. The Morgan fingerprint density at radius 1 is 1.17 bits per heavy atom. The van der Waals surface area contributed by atoms with Gasteiger partial charge in [-0.05, 0) is 37.3 Å². The van der Waals surface area contributed by atoms with Gasteiger partial charge < -0.3 is 23.9 Å². The first-order valence-corrected chi connectivity index (χ1v) is 10.8. The molecule has 5 atom stereocenters. The third-order valence-corrected chi connectivity index (χ3v) is 7.52. The summed E-state index contributed by atoms with van der Waals surface area (Å²) in [6.07, 6.45) is 2.09. The number of aromatic nitrogens is 1. The highest BCUT2D eigenvalue weighted by atomic mass is 16.5. The summed E-state index contributed by atoms with van der Waals surface area (Å²) in [5.74, 6) is 1.77. The van der Waals surface area contributed by atoms with Crippen LogP contribution in [0.5, 0.6) is 11.5 Å². The van der Waals surface area contributed by atoms with Crippen LogP contribution < -0.4 is 9.47 Å². The molecule has 3 aliphatic rings. The highest BCUT2D eigenvalue weighted by Crippen LogP contribution is 2.48. The number of carbonyl (C=O) groups excluding carboxylic acids is 1. The summed E-state index contributed by atoms with van der Waals surface area (Å²) in [6, 6.07) is 4.38. The van der Waals surface area contributed by atoms with Crippen LogP contribution in [0.2, 0.25) is 0 Å². The maximum atomic E-state index is 12.5. The molecule has 0 unspecified atom stereocenters. The van der Waals surface area contributed by atoms with Gasteiger partial charge in [0, 0.05) is 41.7 Å². The molecule has 162 valence electrons. The second-order valence-electron chi connectivity index (χ2n) is 8.76. The van der Waals surface area contributed by atoms with Crippen LogP contribution >= 0.6 is 0 Å². The zero-order valence-electron chi connectivity index (χ0n) is 18.1. The Bertz CT molecular complexity index is 970. The molecule has 0 spiro atoms. The van der Waals surface area contributed by atoms with Crippen LogP contribution in [0, 0.1) is 17.8 Å². The Hall–Kier alpha value is -2.25. The molecule has 3 aliphatic heterocycles. The summed E-state index contributed by atoms with van der Waals surface area (Å²) < 4.78 is 22.1. The largest absolute Gasteiger partial charge is 0.493 e. The monoisotopic (exact) mass is 414 g/mol. The molecular formula is C23H30N2O5. The summed E-state index contributed by atoms with van der Waals surface area (Å²) in [4.78, 5) is 18.7. The van der Waals surface area contributed by atoms with E-state index >= 15 is 0 Å². The number of nitrogens with one attached hydrogen (secondary N) is 1. The summed E-state index contributed by atoms with van der Waals surface area (Å²) >= 11 is 0. The van der Waals surface area contributed by atoms with Crippen molar-refractivity contribution in [1.29, 1.82) is 0 Å². The van der Waals surface area contributed by atoms with Crippen LogP contribution in [0.3, 0.4) is 0 Å². The molecule has 2 fully saturated rings. The van der Waals surface area contributed by atoms with Gasteiger partial charge in [-0.1, -0.05) is 0 Å². The molecule has 4 heterocycles. The molecule has 0 saturated carbocycles. The van der Waals surface area contributed by atoms with Crippen molar-refractivity contribution in [2.75, 3.05) is 41.0 Å². The summed E-state index contributed by atoms with van der Waals surface area (Å²) in [5, 5.41) is 1.20. The number of aromatic amines is 1. The third kappa shape index (κ3) is 2.90. The van der Waals surface area contributed by atoms with Crippen LogP contribution in [0.15, 0.2) is 12.1 Å². The maximum Gasteiger partial charge on any atom is 0.311 e. The zero-order chi connectivity index (χ0) is 21.0. The molecule has 1 aromatic carbocycles. The molecule has 1 N–H and O–H groups in total. The van der Waals surface area contributed by atoms with E-state index in [0.717, 1.165) is 42.9 Å². The minimum absolute atomic E-state index is 0.146. The fourth-order valence-electron chi connectivity index (χ4n) is 5.93. The highest BCUT2D eigenvalue weighted by Gasteiger charge is 2.49. The quantitative estimate of drug-likeness (QED) is 0.779. The number of rotatable bonds is 3. The number of methoxy groups -OCH3 is 3. The van der Waals surface area contributed by atoms with Crippen molar-refractivity contribution in [3.63, 3.8) is 0 Å². The second-order valence-corrected chi connectivity index (χ2v) is 8.76. The molecular weight excluding hydrogens is 384 g/mol. The number of ether oxygens (including phenoxy) is 4. The van der Waals surface area contributed by atoms with Gasteiger partial charge in [0.1, 0.15) is 0 Å².